The molecule has 1 aromatic heterocycles. The molecular weight excluding hydrogens is 693 g/mol. The maximum atomic E-state index is 6.47. The predicted molar refractivity (Wildman–Crippen MR) is 238 cm³/mol. The first-order valence-electron chi connectivity index (χ1n) is 19.5. The van der Waals surface area contributed by atoms with Crippen molar-refractivity contribution in [2.75, 3.05) is 0 Å². The average Bonchev–Trinajstić information content (AvgIpc) is 3.68. The number of rotatable bonds is 6. The van der Waals surface area contributed by atoms with E-state index in [0.717, 1.165) is 60.9 Å². The smallest absolute Gasteiger partial charge is 0.143 e. The van der Waals surface area contributed by atoms with Crippen molar-refractivity contribution < 1.29 is 4.42 Å². The van der Waals surface area contributed by atoms with Crippen molar-refractivity contribution in [2.45, 2.75) is 6.04 Å². The molecule has 1 unspecified atom stereocenters. The number of fused-ring (bicyclic) bond motifs is 6. The Balaban J connectivity index is 1.02. The summed E-state index contributed by atoms with van der Waals surface area (Å²) in [5, 5.41) is 10.7. The van der Waals surface area contributed by atoms with E-state index in [4.69, 9.17) is 9.41 Å². The van der Waals surface area contributed by atoms with Crippen molar-refractivity contribution in [3.63, 3.8) is 0 Å². The normalized spacial score (nSPS) is 14.1. The lowest BCUT2D eigenvalue weighted by Crippen LogP contribution is -2.31. The highest BCUT2D eigenvalue weighted by atomic mass is 16.3. The van der Waals surface area contributed by atoms with Gasteiger partial charge in [-0.15, -0.1) is 0 Å². The van der Waals surface area contributed by atoms with Crippen LogP contribution < -0.4 is 5.32 Å². The largest absolute Gasteiger partial charge is 0.455 e. The van der Waals surface area contributed by atoms with Crippen LogP contribution in [0.15, 0.2) is 216 Å². The number of benzene rings is 9. The lowest BCUT2D eigenvalue weighted by molar-refractivity contribution is 0.672. The summed E-state index contributed by atoms with van der Waals surface area (Å²) in [6, 6.07) is 71.2. The molecule has 0 aliphatic carbocycles. The molecule has 0 bridgehead atoms. The van der Waals surface area contributed by atoms with Gasteiger partial charge in [0, 0.05) is 21.7 Å². The van der Waals surface area contributed by atoms with Crippen molar-refractivity contribution in [3.8, 4) is 33.4 Å². The molecule has 0 amide bonds. The summed E-state index contributed by atoms with van der Waals surface area (Å²) in [5.74, 6) is 0.856. The van der Waals surface area contributed by atoms with E-state index in [1.807, 2.05) is 0 Å². The second-order valence-corrected chi connectivity index (χ2v) is 14.7. The Bertz CT molecular complexity index is 3190. The summed E-state index contributed by atoms with van der Waals surface area (Å²) in [7, 11) is 0. The van der Waals surface area contributed by atoms with Crippen LogP contribution in [0.1, 0.15) is 22.7 Å². The molecule has 1 aliphatic heterocycles. The van der Waals surface area contributed by atoms with Gasteiger partial charge in [0.15, 0.2) is 0 Å². The zero-order valence-electron chi connectivity index (χ0n) is 31.1. The van der Waals surface area contributed by atoms with Crippen molar-refractivity contribution in [2.24, 2.45) is 4.99 Å². The number of nitrogens with zero attached hydrogens (tertiary/aromatic N) is 1. The lowest BCUT2D eigenvalue weighted by atomic mass is 9.89. The van der Waals surface area contributed by atoms with Gasteiger partial charge in [-0.25, -0.2) is 4.99 Å². The second kappa shape index (κ2) is 13.7. The van der Waals surface area contributed by atoms with Crippen LogP contribution in [0.4, 0.5) is 0 Å². The predicted octanol–water partition coefficient (Wildman–Crippen LogP) is 14.0. The number of nitrogens with one attached hydrogen (secondary N) is 1. The van der Waals surface area contributed by atoms with E-state index in [-0.39, 0.29) is 6.04 Å². The molecule has 3 heteroatoms. The molecule has 11 rings (SSSR count). The van der Waals surface area contributed by atoms with Crippen LogP contribution in [-0.2, 0) is 0 Å². The first-order chi connectivity index (χ1) is 28.2. The first kappa shape index (κ1) is 32.9. The molecule has 57 heavy (non-hydrogen) atoms. The van der Waals surface area contributed by atoms with Gasteiger partial charge in [-0.1, -0.05) is 182 Å². The van der Waals surface area contributed by atoms with Crippen molar-refractivity contribution in [3.05, 3.63) is 223 Å². The number of aliphatic imine (C=N–C) groups is 1. The Labute approximate surface area is 330 Å². The van der Waals surface area contributed by atoms with Gasteiger partial charge < -0.3 is 9.73 Å². The summed E-state index contributed by atoms with van der Waals surface area (Å²) in [6.07, 6.45) is 2.24. The Hall–Kier alpha value is -7.49. The molecule has 0 radical (unpaired) electrons. The molecule has 9 aromatic carbocycles. The highest BCUT2D eigenvalue weighted by Gasteiger charge is 2.22. The van der Waals surface area contributed by atoms with Crippen LogP contribution in [0.25, 0.3) is 82.6 Å². The molecular formula is C54H36N2O. The minimum absolute atomic E-state index is 0.0476. The number of hydrogen-bond donors (Lipinski definition) is 1. The molecule has 0 saturated carbocycles. The quantitative estimate of drug-likeness (QED) is 0.185. The molecule has 0 spiro atoms. The molecule has 0 saturated heterocycles. The van der Waals surface area contributed by atoms with E-state index in [0.29, 0.717) is 0 Å². The Kier molecular flexibility index (Phi) is 7.89. The van der Waals surface area contributed by atoms with E-state index in [9.17, 15) is 0 Å². The Morgan fingerprint density at radius 3 is 1.82 bits per heavy atom. The maximum absolute atomic E-state index is 6.47. The van der Waals surface area contributed by atoms with Gasteiger partial charge in [-0.2, -0.15) is 0 Å². The zero-order chi connectivity index (χ0) is 37.7. The third kappa shape index (κ3) is 5.80. The Morgan fingerprint density at radius 1 is 0.404 bits per heavy atom. The van der Waals surface area contributed by atoms with Gasteiger partial charge in [-0.05, 0) is 84.9 Å². The van der Waals surface area contributed by atoms with Gasteiger partial charge in [0.2, 0.25) is 0 Å². The SMILES string of the molecule is C1=C(c2ccc(-c3ccccc3)cc2)N=C(c2ccc(-c3ccccc3-c3ccc4oc5c6ccccc6ccc5c4c3)c3ccccc23)NC1c1ccccc1. The molecule has 1 aliphatic rings. The van der Waals surface area contributed by atoms with Crippen LogP contribution in [-0.4, -0.2) is 5.84 Å². The third-order valence-electron chi connectivity index (χ3n) is 11.4. The highest BCUT2D eigenvalue weighted by Crippen LogP contribution is 2.41. The molecule has 0 fully saturated rings. The van der Waals surface area contributed by atoms with Crippen LogP contribution in [0.3, 0.4) is 0 Å². The van der Waals surface area contributed by atoms with E-state index in [1.165, 1.54) is 44.2 Å². The fraction of sp³-hybridized carbons (Fsp3) is 0.0185. The topological polar surface area (TPSA) is 37.5 Å². The van der Waals surface area contributed by atoms with E-state index in [1.54, 1.807) is 0 Å². The fourth-order valence-corrected chi connectivity index (χ4v) is 8.52. The average molecular weight is 729 g/mol. The molecule has 1 atom stereocenters. The van der Waals surface area contributed by atoms with Gasteiger partial charge in [0.1, 0.15) is 17.0 Å². The molecule has 10 aromatic rings. The van der Waals surface area contributed by atoms with E-state index < -0.39 is 0 Å². The summed E-state index contributed by atoms with van der Waals surface area (Å²) < 4.78 is 6.47. The standard InChI is InChI=1S/C54H36N2O/c1-3-13-35(14-4-1)36-23-25-39(26-24-36)51-34-50(38-16-5-2-6-17-38)55-54(56-51)48-31-30-46(44-21-11-12-22-45(44)48)43-20-10-9-18-41(43)40-28-32-52-49(33-40)47-29-27-37-15-7-8-19-42(37)53(47)57-52/h1-34,50H,(H,55,56). The van der Waals surface area contributed by atoms with Crippen molar-refractivity contribution in [1.82, 2.24) is 5.32 Å². The lowest BCUT2D eigenvalue weighted by Gasteiger charge is -2.25. The summed E-state index contributed by atoms with van der Waals surface area (Å²) in [5.41, 5.74) is 13.2. The van der Waals surface area contributed by atoms with Crippen LogP contribution >= 0.6 is 0 Å². The minimum atomic E-state index is -0.0476. The molecule has 3 nitrogen and oxygen atoms in total. The molecule has 268 valence electrons. The minimum Gasteiger partial charge on any atom is -0.455 e. The van der Waals surface area contributed by atoms with Crippen LogP contribution in [0.5, 0.6) is 0 Å². The van der Waals surface area contributed by atoms with Crippen molar-refractivity contribution >= 4 is 55.0 Å². The van der Waals surface area contributed by atoms with Crippen molar-refractivity contribution in [1.29, 1.82) is 0 Å². The fourth-order valence-electron chi connectivity index (χ4n) is 8.52. The van der Waals surface area contributed by atoms with E-state index >= 15 is 0 Å². The van der Waals surface area contributed by atoms with Gasteiger partial charge in [0.25, 0.3) is 0 Å². The maximum Gasteiger partial charge on any atom is 0.143 e. The number of amidine groups is 1. The van der Waals surface area contributed by atoms with Crippen LogP contribution in [0.2, 0.25) is 0 Å². The van der Waals surface area contributed by atoms with E-state index in [2.05, 4.69) is 212 Å². The summed E-state index contributed by atoms with van der Waals surface area (Å²) >= 11 is 0. The molecule has 2 heterocycles. The number of furan rings is 1. The van der Waals surface area contributed by atoms with Gasteiger partial charge >= 0.3 is 0 Å². The highest BCUT2D eigenvalue weighted by molar-refractivity contribution is 6.17. The number of hydrogen-bond acceptors (Lipinski definition) is 3. The summed E-state index contributed by atoms with van der Waals surface area (Å²) in [6.45, 7) is 0. The Morgan fingerprint density at radius 2 is 1.02 bits per heavy atom. The zero-order valence-corrected chi connectivity index (χ0v) is 31.1. The van der Waals surface area contributed by atoms with Gasteiger partial charge in [-0.3, -0.25) is 0 Å². The molecule has 1 N–H and O–H groups in total. The van der Waals surface area contributed by atoms with Crippen LogP contribution in [0, 0.1) is 0 Å². The summed E-state index contributed by atoms with van der Waals surface area (Å²) in [4.78, 5) is 5.34. The third-order valence-corrected chi connectivity index (χ3v) is 11.4. The second-order valence-electron chi connectivity index (χ2n) is 14.7. The first-order valence-corrected chi connectivity index (χ1v) is 19.5. The van der Waals surface area contributed by atoms with Gasteiger partial charge in [0.05, 0.1) is 11.7 Å². The monoisotopic (exact) mass is 728 g/mol.